The second-order valence-corrected chi connectivity index (χ2v) is 7.55. The number of amides is 2. The molecule has 29 heavy (non-hydrogen) atoms. The van der Waals surface area contributed by atoms with Crippen LogP contribution in [-0.4, -0.2) is 24.6 Å². The van der Waals surface area contributed by atoms with E-state index in [1.807, 2.05) is 38.1 Å². The lowest BCUT2D eigenvalue weighted by Gasteiger charge is -2.26. The molecule has 1 aliphatic rings. The van der Waals surface area contributed by atoms with E-state index in [0.717, 1.165) is 42.2 Å². The number of nitrogens with one attached hydrogen (secondary N) is 2. The predicted molar refractivity (Wildman–Crippen MR) is 114 cm³/mol. The molecule has 6 nitrogen and oxygen atoms in total. The maximum absolute atomic E-state index is 12.1. The minimum absolute atomic E-state index is 0.0185. The molecule has 1 atom stereocenters. The van der Waals surface area contributed by atoms with E-state index in [9.17, 15) is 9.59 Å². The topological polar surface area (TPSA) is 79.8 Å². The van der Waals surface area contributed by atoms with E-state index in [-0.39, 0.29) is 18.6 Å². The van der Waals surface area contributed by atoms with E-state index in [1.165, 1.54) is 5.56 Å². The quantitative estimate of drug-likeness (QED) is 0.552. The first-order chi connectivity index (χ1) is 13.9. The van der Waals surface area contributed by atoms with Crippen molar-refractivity contribution < 1.29 is 14.4 Å². The number of carbonyl (C=O) groups excluding carboxylic acids is 2. The zero-order chi connectivity index (χ0) is 20.8. The van der Waals surface area contributed by atoms with Crippen molar-refractivity contribution in [2.24, 2.45) is 5.16 Å². The van der Waals surface area contributed by atoms with Crippen molar-refractivity contribution in [3.05, 3.63) is 63.7 Å². The number of halogens is 1. The molecule has 0 radical (unpaired) electrons. The molecule has 0 aliphatic heterocycles. The molecule has 2 aromatic carbocycles. The third-order valence-corrected chi connectivity index (χ3v) is 5.12. The number of nitrogens with zero attached hydrogens (tertiary/aromatic N) is 1. The summed E-state index contributed by atoms with van der Waals surface area (Å²) in [6, 6.07) is 11.8. The molecule has 3 rings (SSSR count). The minimum atomic E-state index is -0.486. The zero-order valence-electron chi connectivity index (χ0n) is 16.5. The Morgan fingerprint density at radius 3 is 2.86 bits per heavy atom. The fraction of sp³-hybridized carbons (Fsp3) is 0.318. The SMILES string of the molecule is Cc1cc(C)c(NC(=O)/C=N/OCC(=O)NC2CCCc3ccccc32)c(Cl)c1. The molecular weight excluding hydrogens is 390 g/mol. The number of rotatable bonds is 6. The highest BCUT2D eigenvalue weighted by atomic mass is 35.5. The largest absolute Gasteiger partial charge is 0.386 e. The number of hydrogen-bond donors (Lipinski definition) is 2. The molecule has 2 N–H and O–H groups in total. The fourth-order valence-corrected chi connectivity index (χ4v) is 3.92. The summed E-state index contributed by atoms with van der Waals surface area (Å²) in [5.74, 6) is -0.762. The van der Waals surface area contributed by atoms with Gasteiger partial charge in [0, 0.05) is 0 Å². The van der Waals surface area contributed by atoms with Gasteiger partial charge in [-0.1, -0.05) is 47.1 Å². The van der Waals surface area contributed by atoms with Gasteiger partial charge in [-0.25, -0.2) is 0 Å². The van der Waals surface area contributed by atoms with Crippen LogP contribution in [-0.2, 0) is 20.8 Å². The Bertz CT molecular complexity index is 920. The second kappa shape index (κ2) is 9.56. The third-order valence-electron chi connectivity index (χ3n) is 4.82. The Morgan fingerprint density at radius 2 is 2.07 bits per heavy atom. The maximum Gasteiger partial charge on any atom is 0.270 e. The van der Waals surface area contributed by atoms with Crippen molar-refractivity contribution in [3.8, 4) is 0 Å². The van der Waals surface area contributed by atoms with Crippen LogP contribution in [0.2, 0.25) is 5.02 Å². The van der Waals surface area contributed by atoms with Gasteiger partial charge in [0.1, 0.15) is 6.21 Å². The molecule has 0 bridgehead atoms. The van der Waals surface area contributed by atoms with Gasteiger partial charge >= 0.3 is 0 Å². The number of oxime groups is 1. The van der Waals surface area contributed by atoms with E-state index in [4.69, 9.17) is 16.4 Å². The van der Waals surface area contributed by atoms with Crippen LogP contribution >= 0.6 is 11.6 Å². The van der Waals surface area contributed by atoms with Crippen molar-refractivity contribution in [2.75, 3.05) is 11.9 Å². The Morgan fingerprint density at radius 1 is 1.28 bits per heavy atom. The lowest BCUT2D eigenvalue weighted by Crippen LogP contribution is -2.33. The first-order valence-electron chi connectivity index (χ1n) is 9.54. The standard InChI is InChI=1S/C22H24ClN3O3/c1-14-10-15(2)22(18(23)11-14)26-20(27)12-24-29-13-21(28)25-19-9-5-7-16-6-3-4-8-17(16)19/h3-4,6,8,10-12,19H,5,7,9,13H2,1-2H3,(H,25,28)(H,26,27)/b24-12+. The van der Waals surface area contributed by atoms with Gasteiger partial charge in [0.15, 0.2) is 6.61 Å². The molecule has 0 spiro atoms. The van der Waals surface area contributed by atoms with Crippen LogP contribution in [0.15, 0.2) is 41.6 Å². The third kappa shape index (κ3) is 5.57. The average molecular weight is 414 g/mol. The van der Waals surface area contributed by atoms with Crippen LogP contribution in [0.25, 0.3) is 0 Å². The molecule has 0 fully saturated rings. The first-order valence-corrected chi connectivity index (χ1v) is 9.92. The van der Waals surface area contributed by atoms with Crippen LogP contribution in [0.4, 0.5) is 5.69 Å². The monoisotopic (exact) mass is 413 g/mol. The van der Waals surface area contributed by atoms with Gasteiger partial charge in [-0.15, -0.1) is 0 Å². The highest BCUT2D eigenvalue weighted by Crippen LogP contribution is 2.29. The van der Waals surface area contributed by atoms with Gasteiger partial charge in [-0.2, -0.15) is 0 Å². The number of anilines is 1. The molecule has 0 aromatic heterocycles. The van der Waals surface area contributed by atoms with Crippen LogP contribution in [0.3, 0.4) is 0 Å². The van der Waals surface area contributed by atoms with Gasteiger partial charge in [-0.05, 0) is 61.4 Å². The summed E-state index contributed by atoms with van der Waals surface area (Å²) >= 11 is 6.17. The molecule has 0 heterocycles. The smallest absolute Gasteiger partial charge is 0.270 e. The van der Waals surface area contributed by atoms with Crippen molar-refractivity contribution in [1.82, 2.24) is 5.32 Å². The summed E-state index contributed by atoms with van der Waals surface area (Å²) < 4.78 is 0. The molecule has 2 amide bonds. The fourth-order valence-electron chi connectivity index (χ4n) is 3.55. The van der Waals surface area contributed by atoms with Crippen molar-refractivity contribution in [3.63, 3.8) is 0 Å². The lowest BCUT2D eigenvalue weighted by atomic mass is 9.88. The second-order valence-electron chi connectivity index (χ2n) is 7.15. The van der Waals surface area contributed by atoms with Crippen molar-refractivity contribution >= 4 is 35.3 Å². The van der Waals surface area contributed by atoms with Gasteiger partial charge in [0.25, 0.3) is 11.8 Å². The molecule has 7 heteroatoms. The van der Waals surface area contributed by atoms with Crippen molar-refractivity contribution in [2.45, 2.75) is 39.2 Å². The van der Waals surface area contributed by atoms with E-state index < -0.39 is 5.91 Å². The highest BCUT2D eigenvalue weighted by Gasteiger charge is 2.21. The van der Waals surface area contributed by atoms with Crippen molar-refractivity contribution in [1.29, 1.82) is 0 Å². The lowest BCUT2D eigenvalue weighted by molar-refractivity contribution is -0.126. The Hall–Kier alpha value is -2.86. The van der Waals surface area contributed by atoms with Gasteiger partial charge in [0.2, 0.25) is 0 Å². The Kier molecular flexibility index (Phi) is 6.88. The Balaban J connectivity index is 1.47. The van der Waals surface area contributed by atoms with E-state index in [2.05, 4.69) is 21.9 Å². The number of fused-ring (bicyclic) bond motifs is 1. The summed E-state index contributed by atoms with van der Waals surface area (Å²) in [5, 5.41) is 9.67. The highest BCUT2D eigenvalue weighted by molar-refractivity contribution is 6.37. The van der Waals surface area contributed by atoms with E-state index in [0.29, 0.717) is 10.7 Å². The summed E-state index contributed by atoms with van der Waals surface area (Å²) in [7, 11) is 0. The van der Waals surface area contributed by atoms with Gasteiger partial charge in [-0.3, -0.25) is 9.59 Å². The first kappa shape index (κ1) is 20.9. The van der Waals surface area contributed by atoms with Gasteiger partial charge in [0.05, 0.1) is 16.8 Å². The number of carbonyl (C=O) groups is 2. The normalized spacial score (nSPS) is 15.6. The Labute approximate surface area is 175 Å². The molecule has 1 unspecified atom stereocenters. The number of hydrogen-bond acceptors (Lipinski definition) is 4. The molecule has 152 valence electrons. The summed E-state index contributed by atoms with van der Waals surface area (Å²) in [6.07, 6.45) is 3.94. The molecule has 0 saturated heterocycles. The maximum atomic E-state index is 12.1. The molecular formula is C22H24ClN3O3. The van der Waals surface area contributed by atoms with Crippen LogP contribution in [0.5, 0.6) is 0 Å². The zero-order valence-corrected chi connectivity index (χ0v) is 17.3. The number of benzene rings is 2. The van der Waals surface area contributed by atoms with Crippen LogP contribution < -0.4 is 10.6 Å². The summed E-state index contributed by atoms with van der Waals surface area (Å²) in [6.45, 7) is 3.53. The van der Waals surface area contributed by atoms with Crippen LogP contribution in [0, 0.1) is 13.8 Å². The number of aryl methyl sites for hydroxylation is 3. The molecule has 1 aliphatic carbocycles. The predicted octanol–water partition coefficient (Wildman–Crippen LogP) is 4.09. The molecule has 2 aromatic rings. The summed E-state index contributed by atoms with van der Waals surface area (Å²) in [5.41, 5.74) is 4.81. The molecule has 0 saturated carbocycles. The van der Waals surface area contributed by atoms with Crippen LogP contribution in [0.1, 0.15) is 41.1 Å². The average Bonchev–Trinajstić information content (AvgIpc) is 2.68. The minimum Gasteiger partial charge on any atom is -0.386 e. The van der Waals surface area contributed by atoms with E-state index in [1.54, 1.807) is 6.07 Å². The summed E-state index contributed by atoms with van der Waals surface area (Å²) in [4.78, 5) is 29.1. The van der Waals surface area contributed by atoms with Gasteiger partial charge < -0.3 is 15.5 Å². The van der Waals surface area contributed by atoms with E-state index >= 15 is 0 Å².